The van der Waals surface area contributed by atoms with Crippen LogP contribution in [0.4, 0.5) is 13.2 Å². The number of aromatic nitrogens is 1. The van der Waals surface area contributed by atoms with Gasteiger partial charge in [-0.05, 0) is 30.9 Å². The van der Waals surface area contributed by atoms with E-state index in [4.69, 9.17) is 11.6 Å². The fourth-order valence-electron chi connectivity index (χ4n) is 1.67. The van der Waals surface area contributed by atoms with Gasteiger partial charge in [0.1, 0.15) is 0 Å². The van der Waals surface area contributed by atoms with Crippen LogP contribution in [-0.4, -0.2) is 10.4 Å². The average molecular weight is 252 g/mol. The van der Waals surface area contributed by atoms with Crippen LogP contribution in [0, 0.1) is 0 Å². The highest BCUT2D eigenvalue weighted by atomic mass is 35.5. The summed E-state index contributed by atoms with van der Waals surface area (Å²) >= 11 is 5.79. The standard InChI is InChI=1S/C11H13ClF3N/c1-7(5-8(2)12)9-6-16-4-3-10(9)11(13,14)15/h3-4,6-8H,5H2,1-2H3. The van der Waals surface area contributed by atoms with Crippen LogP contribution in [0.25, 0.3) is 0 Å². The number of rotatable bonds is 3. The Morgan fingerprint density at radius 3 is 2.50 bits per heavy atom. The van der Waals surface area contributed by atoms with Crippen molar-refractivity contribution in [1.82, 2.24) is 4.98 Å². The first kappa shape index (κ1) is 13.3. The van der Waals surface area contributed by atoms with E-state index in [1.807, 2.05) is 0 Å². The number of pyridine rings is 1. The first-order chi connectivity index (χ1) is 7.32. The largest absolute Gasteiger partial charge is 0.416 e. The van der Waals surface area contributed by atoms with Gasteiger partial charge in [0.25, 0.3) is 0 Å². The molecule has 0 fully saturated rings. The lowest BCUT2D eigenvalue weighted by molar-refractivity contribution is -0.138. The molecule has 0 bridgehead atoms. The van der Waals surface area contributed by atoms with Gasteiger partial charge < -0.3 is 0 Å². The Kier molecular flexibility index (Phi) is 4.19. The van der Waals surface area contributed by atoms with Crippen LogP contribution in [0.1, 0.15) is 37.3 Å². The molecular formula is C11H13ClF3N. The third kappa shape index (κ3) is 3.37. The van der Waals surface area contributed by atoms with E-state index in [1.165, 1.54) is 6.20 Å². The highest BCUT2D eigenvalue weighted by molar-refractivity contribution is 6.20. The van der Waals surface area contributed by atoms with E-state index in [2.05, 4.69) is 4.98 Å². The molecule has 0 aliphatic carbocycles. The molecule has 0 aromatic carbocycles. The summed E-state index contributed by atoms with van der Waals surface area (Å²) in [6, 6.07) is 1.00. The molecule has 1 heterocycles. The summed E-state index contributed by atoms with van der Waals surface area (Å²) in [5.41, 5.74) is -0.408. The highest BCUT2D eigenvalue weighted by Crippen LogP contribution is 2.36. The van der Waals surface area contributed by atoms with Crippen molar-refractivity contribution in [2.24, 2.45) is 0 Å². The van der Waals surface area contributed by atoms with Gasteiger partial charge in [-0.1, -0.05) is 6.92 Å². The van der Waals surface area contributed by atoms with Crippen molar-refractivity contribution in [2.45, 2.75) is 37.7 Å². The van der Waals surface area contributed by atoms with Gasteiger partial charge in [-0.2, -0.15) is 13.2 Å². The maximum Gasteiger partial charge on any atom is 0.416 e. The van der Waals surface area contributed by atoms with Crippen molar-refractivity contribution in [3.8, 4) is 0 Å². The van der Waals surface area contributed by atoms with E-state index < -0.39 is 11.7 Å². The van der Waals surface area contributed by atoms with Crippen LogP contribution in [0.2, 0.25) is 0 Å². The molecule has 1 nitrogen and oxygen atoms in total. The zero-order valence-electron chi connectivity index (χ0n) is 9.05. The van der Waals surface area contributed by atoms with Crippen molar-refractivity contribution >= 4 is 11.6 Å². The molecule has 16 heavy (non-hydrogen) atoms. The van der Waals surface area contributed by atoms with Crippen molar-refractivity contribution in [3.05, 3.63) is 29.6 Å². The molecule has 0 amide bonds. The maximum absolute atomic E-state index is 12.7. The Labute approximate surface area is 97.6 Å². The van der Waals surface area contributed by atoms with Crippen molar-refractivity contribution < 1.29 is 13.2 Å². The predicted molar refractivity (Wildman–Crippen MR) is 57.6 cm³/mol. The third-order valence-electron chi connectivity index (χ3n) is 2.37. The Hall–Kier alpha value is -0.770. The number of hydrogen-bond acceptors (Lipinski definition) is 1. The number of halogens is 4. The molecule has 5 heteroatoms. The van der Waals surface area contributed by atoms with E-state index in [-0.39, 0.29) is 16.9 Å². The molecule has 0 saturated heterocycles. The molecule has 2 atom stereocenters. The maximum atomic E-state index is 12.7. The summed E-state index contributed by atoms with van der Waals surface area (Å²) < 4.78 is 38.1. The topological polar surface area (TPSA) is 12.9 Å². The molecule has 90 valence electrons. The van der Waals surface area contributed by atoms with Crippen molar-refractivity contribution in [2.75, 3.05) is 0 Å². The summed E-state index contributed by atoms with van der Waals surface area (Å²) in [5, 5.41) is -0.156. The molecule has 0 saturated carbocycles. The van der Waals surface area contributed by atoms with Gasteiger partial charge >= 0.3 is 6.18 Å². The average Bonchev–Trinajstić information content (AvgIpc) is 2.15. The van der Waals surface area contributed by atoms with E-state index in [9.17, 15) is 13.2 Å². The summed E-state index contributed by atoms with van der Waals surface area (Å²) in [6.07, 6.45) is -1.41. The van der Waals surface area contributed by atoms with E-state index in [0.717, 1.165) is 12.3 Å². The fraction of sp³-hybridized carbons (Fsp3) is 0.545. The molecule has 1 rings (SSSR count). The first-order valence-electron chi connectivity index (χ1n) is 4.97. The van der Waals surface area contributed by atoms with Crippen molar-refractivity contribution in [1.29, 1.82) is 0 Å². The van der Waals surface area contributed by atoms with Crippen LogP contribution >= 0.6 is 11.6 Å². The second kappa shape index (κ2) is 5.04. The Morgan fingerprint density at radius 1 is 1.38 bits per heavy atom. The van der Waals surface area contributed by atoms with E-state index in [0.29, 0.717) is 6.42 Å². The van der Waals surface area contributed by atoms with Gasteiger partial charge in [-0.25, -0.2) is 0 Å². The van der Waals surface area contributed by atoms with Crippen LogP contribution in [-0.2, 0) is 6.18 Å². The molecule has 0 aliphatic heterocycles. The fourth-order valence-corrected chi connectivity index (χ4v) is 1.94. The van der Waals surface area contributed by atoms with Gasteiger partial charge in [0.2, 0.25) is 0 Å². The second-order valence-corrected chi connectivity index (χ2v) is 4.62. The number of alkyl halides is 4. The zero-order valence-corrected chi connectivity index (χ0v) is 9.81. The summed E-state index contributed by atoms with van der Waals surface area (Å²) in [6.45, 7) is 3.49. The molecule has 1 aromatic rings. The molecule has 0 N–H and O–H groups in total. The molecule has 2 unspecified atom stereocenters. The van der Waals surface area contributed by atoms with Crippen molar-refractivity contribution in [3.63, 3.8) is 0 Å². The monoisotopic (exact) mass is 251 g/mol. The molecule has 1 aromatic heterocycles. The minimum atomic E-state index is -4.33. The summed E-state index contributed by atoms with van der Waals surface area (Å²) in [5.74, 6) is -0.252. The minimum absolute atomic E-state index is 0.156. The lowest BCUT2D eigenvalue weighted by Gasteiger charge is -2.18. The predicted octanol–water partition coefficient (Wildman–Crippen LogP) is 4.22. The summed E-state index contributed by atoms with van der Waals surface area (Å²) in [4.78, 5) is 3.74. The van der Waals surface area contributed by atoms with Gasteiger partial charge in [0, 0.05) is 17.8 Å². The smallest absolute Gasteiger partial charge is 0.264 e. The quantitative estimate of drug-likeness (QED) is 0.733. The van der Waals surface area contributed by atoms with Crippen LogP contribution < -0.4 is 0 Å². The minimum Gasteiger partial charge on any atom is -0.264 e. The van der Waals surface area contributed by atoms with Gasteiger partial charge in [0.15, 0.2) is 0 Å². The Bertz CT molecular complexity index is 349. The second-order valence-electron chi connectivity index (χ2n) is 3.88. The Morgan fingerprint density at radius 2 is 2.00 bits per heavy atom. The molecule has 0 spiro atoms. The zero-order chi connectivity index (χ0) is 12.3. The Balaban J connectivity index is 3.04. The van der Waals surface area contributed by atoms with Gasteiger partial charge in [-0.3, -0.25) is 4.98 Å². The van der Waals surface area contributed by atoms with Crippen LogP contribution in [0.3, 0.4) is 0 Å². The van der Waals surface area contributed by atoms with E-state index >= 15 is 0 Å². The third-order valence-corrected chi connectivity index (χ3v) is 2.54. The molecular weight excluding hydrogens is 239 g/mol. The lowest BCUT2D eigenvalue weighted by Crippen LogP contribution is -2.12. The van der Waals surface area contributed by atoms with Crippen LogP contribution in [0.5, 0.6) is 0 Å². The molecule has 0 radical (unpaired) electrons. The lowest BCUT2D eigenvalue weighted by atomic mass is 9.93. The summed E-state index contributed by atoms with van der Waals surface area (Å²) in [7, 11) is 0. The number of nitrogens with zero attached hydrogens (tertiary/aromatic N) is 1. The highest BCUT2D eigenvalue weighted by Gasteiger charge is 2.34. The number of hydrogen-bond donors (Lipinski definition) is 0. The normalized spacial score (nSPS) is 15.9. The van der Waals surface area contributed by atoms with Crippen LogP contribution in [0.15, 0.2) is 18.5 Å². The first-order valence-corrected chi connectivity index (χ1v) is 5.41. The van der Waals surface area contributed by atoms with Gasteiger partial charge in [0.05, 0.1) is 5.56 Å². The van der Waals surface area contributed by atoms with E-state index in [1.54, 1.807) is 13.8 Å². The van der Waals surface area contributed by atoms with Gasteiger partial charge in [-0.15, -0.1) is 11.6 Å². The SMILES string of the molecule is CC(Cl)CC(C)c1cnccc1C(F)(F)F. The molecule has 0 aliphatic rings.